The second-order valence-corrected chi connectivity index (χ2v) is 7.96. The third-order valence-corrected chi connectivity index (χ3v) is 5.04. The molecule has 5 heteroatoms. The maximum atomic E-state index is 12.2. The van der Waals surface area contributed by atoms with Crippen LogP contribution in [0.2, 0.25) is 0 Å². The number of aryl methyl sites for hydroxylation is 1. The average molecular weight is 297 g/mol. The molecule has 1 heterocycles. The van der Waals surface area contributed by atoms with Crippen molar-refractivity contribution >= 4 is 10.1 Å². The van der Waals surface area contributed by atoms with E-state index in [0.29, 0.717) is 6.54 Å². The smallest absolute Gasteiger partial charge is 0.296 e. The van der Waals surface area contributed by atoms with Gasteiger partial charge in [0.05, 0.1) is 11.0 Å². The molecule has 1 fully saturated rings. The van der Waals surface area contributed by atoms with Crippen LogP contribution < -0.4 is 0 Å². The van der Waals surface area contributed by atoms with Crippen molar-refractivity contribution in [1.29, 1.82) is 0 Å². The Morgan fingerprint density at radius 2 is 1.80 bits per heavy atom. The number of nitrogens with zero attached hydrogens (tertiary/aromatic N) is 1. The summed E-state index contributed by atoms with van der Waals surface area (Å²) in [6, 6.07) is 6.76. The van der Waals surface area contributed by atoms with Gasteiger partial charge in [0, 0.05) is 18.6 Å². The second kappa shape index (κ2) is 5.47. The van der Waals surface area contributed by atoms with Crippen LogP contribution >= 0.6 is 0 Å². The van der Waals surface area contributed by atoms with E-state index in [-0.39, 0.29) is 16.5 Å². The summed E-state index contributed by atoms with van der Waals surface area (Å²) in [4.78, 5) is 2.49. The molecule has 0 radical (unpaired) electrons. The van der Waals surface area contributed by atoms with Crippen LogP contribution in [-0.4, -0.2) is 38.1 Å². The molecular weight excluding hydrogens is 274 g/mol. The van der Waals surface area contributed by atoms with Crippen molar-refractivity contribution in [3.63, 3.8) is 0 Å². The first kappa shape index (κ1) is 15.5. The predicted octanol–water partition coefficient (Wildman–Crippen LogP) is 2.57. The standard InChI is InChI=1S/C15H23NO3S/c1-12-5-7-14(8-6-12)20(17,18)19-13-9-10-16(11-13)15(2,3)4/h5-8,13H,9-11H2,1-4H3/t13-/m0/s1. The largest absolute Gasteiger partial charge is 0.297 e. The van der Waals surface area contributed by atoms with Gasteiger partial charge < -0.3 is 0 Å². The monoisotopic (exact) mass is 297 g/mol. The first-order chi connectivity index (χ1) is 9.18. The van der Waals surface area contributed by atoms with E-state index in [1.807, 2.05) is 6.92 Å². The van der Waals surface area contributed by atoms with Crippen molar-refractivity contribution < 1.29 is 12.6 Å². The normalized spacial score (nSPS) is 21.3. The van der Waals surface area contributed by atoms with E-state index >= 15 is 0 Å². The lowest BCUT2D eigenvalue weighted by Crippen LogP contribution is -2.40. The Morgan fingerprint density at radius 3 is 2.30 bits per heavy atom. The van der Waals surface area contributed by atoms with Crippen LogP contribution in [0.1, 0.15) is 32.8 Å². The van der Waals surface area contributed by atoms with Crippen molar-refractivity contribution in [3.05, 3.63) is 29.8 Å². The summed E-state index contributed by atoms with van der Waals surface area (Å²) >= 11 is 0. The van der Waals surface area contributed by atoms with Crippen LogP contribution in [0.5, 0.6) is 0 Å². The lowest BCUT2D eigenvalue weighted by molar-refractivity contribution is 0.143. The molecule has 0 spiro atoms. The van der Waals surface area contributed by atoms with E-state index < -0.39 is 10.1 Å². The third kappa shape index (κ3) is 3.59. The van der Waals surface area contributed by atoms with Crippen molar-refractivity contribution in [2.45, 2.75) is 50.7 Å². The van der Waals surface area contributed by atoms with Gasteiger partial charge in [-0.25, -0.2) is 0 Å². The Kier molecular flexibility index (Phi) is 4.23. The molecule has 112 valence electrons. The lowest BCUT2D eigenvalue weighted by atomic mass is 10.1. The third-order valence-electron chi connectivity index (χ3n) is 3.67. The Labute approximate surface area is 121 Å². The Hall–Kier alpha value is -0.910. The summed E-state index contributed by atoms with van der Waals surface area (Å²) < 4.78 is 29.8. The molecule has 0 amide bonds. The number of hydrogen-bond donors (Lipinski definition) is 0. The molecular formula is C15H23NO3S. The number of hydrogen-bond acceptors (Lipinski definition) is 4. The van der Waals surface area contributed by atoms with Crippen LogP contribution in [0.4, 0.5) is 0 Å². The van der Waals surface area contributed by atoms with E-state index in [2.05, 4.69) is 25.7 Å². The van der Waals surface area contributed by atoms with Crippen LogP contribution in [0.3, 0.4) is 0 Å². The zero-order valence-electron chi connectivity index (χ0n) is 12.6. The summed E-state index contributed by atoms with van der Waals surface area (Å²) in [6.07, 6.45) is 0.503. The number of likely N-dealkylation sites (tertiary alicyclic amines) is 1. The molecule has 1 atom stereocenters. The fourth-order valence-electron chi connectivity index (χ4n) is 2.36. The quantitative estimate of drug-likeness (QED) is 0.805. The van der Waals surface area contributed by atoms with Gasteiger partial charge in [-0.1, -0.05) is 17.7 Å². The minimum atomic E-state index is -3.66. The van der Waals surface area contributed by atoms with E-state index in [9.17, 15) is 8.42 Å². The molecule has 1 saturated heterocycles. The molecule has 20 heavy (non-hydrogen) atoms. The summed E-state index contributed by atoms with van der Waals surface area (Å²) in [5.41, 5.74) is 1.08. The maximum Gasteiger partial charge on any atom is 0.297 e. The molecule has 4 nitrogen and oxygen atoms in total. The number of benzene rings is 1. The molecule has 1 aliphatic heterocycles. The van der Waals surface area contributed by atoms with Gasteiger partial charge >= 0.3 is 0 Å². The average Bonchev–Trinajstić information content (AvgIpc) is 2.77. The highest BCUT2D eigenvalue weighted by atomic mass is 32.2. The summed E-state index contributed by atoms with van der Waals surface area (Å²) in [6.45, 7) is 9.85. The topological polar surface area (TPSA) is 46.6 Å². The molecule has 0 bridgehead atoms. The van der Waals surface area contributed by atoms with Gasteiger partial charge in [-0.15, -0.1) is 0 Å². The highest BCUT2D eigenvalue weighted by molar-refractivity contribution is 7.86. The minimum absolute atomic E-state index is 0.0474. The lowest BCUT2D eigenvalue weighted by Gasteiger charge is -2.31. The van der Waals surface area contributed by atoms with Crippen molar-refractivity contribution in [1.82, 2.24) is 4.90 Å². The molecule has 1 aliphatic rings. The minimum Gasteiger partial charge on any atom is -0.296 e. The van der Waals surface area contributed by atoms with E-state index in [1.165, 1.54) is 0 Å². The summed E-state index contributed by atoms with van der Waals surface area (Å²) in [7, 11) is -3.66. The fraction of sp³-hybridized carbons (Fsp3) is 0.600. The molecule has 0 N–H and O–H groups in total. The second-order valence-electron chi connectivity index (χ2n) is 6.39. The van der Waals surface area contributed by atoms with Crippen molar-refractivity contribution in [2.24, 2.45) is 0 Å². The van der Waals surface area contributed by atoms with E-state index in [1.54, 1.807) is 24.3 Å². The molecule has 0 saturated carbocycles. The summed E-state index contributed by atoms with van der Waals surface area (Å²) in [5, 5.41) is 0. The Balaban J connectivity index is 2.05. The first-order valence-corrected chi connectivity index (χ1v) is 8.34. The van der Waals surface area contributed by atoms with Gasteiger partial charge in [-0.3, -0.25) is 9.08 Å². The summed E-state index contributed by atoms with van der Waals surface area (Å²) in [5.74, 6) is 0. The van der Waals surface area contributed by atoms with Gasteiger partial charge in [0.1, 0.15) is 0 Å². The highest BCUT2D eigenvalue weighted by Gasteiger charge is 2.33. The van der Waals surface area contributed by atoms with Crippen molar-refractivity contribution in [3.8, 4) is 0 Å². The van der Waals surface area contributed by atoms with Gasteiger partial charge in [-0.2, -0.15) is 8.42 Å². The van der Waals surface area contributed by atoms with Crippen LogP contribution in [0.25, 0.3) is 0 Å². The van der Waals surface area contributed by atoms with Crippen LogP contribution in [0.15, 0.2) is 29.2 Å². The number of rotatable bonds is 3. The van der Waals surface area contributed by atoms with Crippen molar-refractivity contribution in [2.75, 3.05) is 13.1 Å². The molecule has 0 unspecified atom stereocenters. The Morgan fingerprint density at radius 1 is 1.20 bits per heavy atom. The van der Waals surface area contributed by atoms with E-state index in [4.69, 9.17) is 4.18 Å². The first-order valence-electron chi connectivity index (χ1n) is 6.93. The molecule has 1 aromatic carbocycles. The van der Waals surface area contributed by atoms with Gasteiger partial charge in [0.25, 0.3) is 10.1 Å². The molecule has 0 aliphatic carbocycles. The predicted molar refractivity (Wildman–Crippen MR) is 79.2 cm³/mol. The van der Waals surface area contributed by atoms with Gasteiger partial charge in [-0.05, 0) is 46.2 Å². The highest BCUT2D eigenvalue weighted by Crippen LogP contribution is 2.25. The molecule has 0 aromatic heterocycles. The zero-order chi connectivity index (χ0) is 15.0. The van der Waals surface area contributed by atoms with E-state index in [0.717, 1.165) is 18.5 Å². The fourth-order valence-corrected chi connectivity index (χ4v) is 3.45. The van der Waals surface area contributed by atoms with Gasteiger partial charge in [0.2, 0.25) is 0 Å². The van der Waals surface area contributed by atoms with Crippen LogP contribution in [-0.2, 0) is 14.3 Å². The zero-order valence-corrected chi connectivity index (χ0v) is 13.4. The SMILES string of the molecule is Cc1ccc(S(=O)(=O)O[C@H]2CCN(C(C)(C)C)C2)cc1. The van der Waals surface area contributed by atoms with Gasteiger partial charge in [0.15, 0.2) is 0 Å². The maximum absolute atomic E-state index is 12.2. The van der Waals surface area contributed by atoms with Crippen LogP contribution in [0, 0.1) is 6.92 Å². The Bertz CT molecular complexity index is 558. The molecule has 1 aromatic rings. The molecule has 2 rings (SSSR count).